The van der Waals surface area contributed by atoms with Crippen molar-refractivity contribution in [3.05, 3.63) is 35.6 Å². The zero-order valence-electron chi connectivity index (χ0n) is 11.4. The quantitative estimate of drug-likeness (QED) is 0.834. The molecule has 4 nitrogen and oxygen atoms in total. The van der Waals surface area contributed by atoms with E-state index in [0.717, 1.165) is 5.56 Å². The maximum absolute atomic E-state index is 12.8. The number of ketones is 1. The van der Waals surface area contributed by atoms with Crippen molar-refractivity contribution < 1.29 is 17.6 Å². The molecule has 1 aliphatic heterocycles. The summed E-state index contributed by atoms with van der Waals surface area (Å²) in [6.45, 7) is 2.47. The van der Waals surface area contributed by atoms with Crippen LogP contribution in [0.25, 0.3) is 0 Å². The molecule has 110 valence electrons. The fourth-order valence-electron chi connectivity index (χ4n) is 2.38. The van der Waals surface area contributed by atoms with Crippen LogP contribution in [0.5, 0.6) is 0 Å². The molecule has 1 heterocycles. The fraction of sp³-hybridized carbons (Fsp3) is 0.500. The van der Waals surface area contributed by atoms with Crippen LogP contribution < -0.4 is 0 Å². The molecule has 0 amide bonds. The van der Waals surface area contributed by atoms with E-state index < -0.39 is 9.84 Å². The molecule has 0 radical (unpaired) electrons. The van der Waals surface area contributed by atoms with Gasteiger partial charge in [-0.05, 0) is 24.6 Å². The molecule has 0 N–H and O–H groups in total. The molecular formula is C14H18FNO3S. The molecule has 1 aromatic carbocycles. The molecular weight excluding hydrogens is 281 g/mol. The minimum atomic E-state index is -2.96. The number of rotatable bonds is 4. The van der Waals surface area contributed by atoms with Crippen LogP contribution in [0.1, 0.15) is 12.5 Å². The Hall–Kier alpha value is -1.27. The number of hydrogen-bond donors (Lipinski definition) is 0. The Kier molecular flexibility index (Phi) is 4.55. The highest BCUT2D eigenvalue weighted by molar-refractivity contribution is 7.91. The summed E-state index contributed by atoms with van der Waals surface area (Å²) in [5.41, 5.74) is 0.772. The van der Waals surface area contributed by atoms with Gasteiger partial charge in [-0.3, -0.25) is 9.69 Å². The number of carbonyl (C=O) groups excluding carboxylic acids is 1. The first-order chi connectivity index (χ1) is 9.35. The monoisotopic (exact) mass is 299 g/mol. The third-order valence-electron chi connectivity index (χ3n) is 3.50. The van der Waals surface area contributed by atoms with Crippen molar-refractivity contribution in [1.29, 1.82) is 0 Å². The zero-order valence-corrected chi connectivity index (χ0v) is 12.2. The average Bonchev–Trinajstić information content (AvgIpc) is 2.35. The highest BCUT2D eigenvalue weighted by Gasteiger charge is 2.28. The van der Waals surface area contributed by atoms with Gasteiger partial charge in [0.25, 0.3) is 0 Å². The van der Waals surface area contributed by atoms with Crippen LogP contribution in [-0.2, 0) is 21.1 Å². The lowest BCUT2D eigenvalue weighted by molar-refractivity contribution is -0.120. The number of carbonyl (C=O) groups is 1. The number of Topliss-reactive ketones (excluding diaryl/α,β-unsaturated/α-hetero) is 1. The average molecular weight is 299 g/mol. The van der Waals surface area contributed by atoms with Gasteiger partial charge in [-0.2, -0.15) is 0 Å². The van der Waals surface area contributed by atoms with E-state index in [0.29, 0.717) is 6.54 Å². The van der Waals surface area contributed by atoms with E-state index in [1.807, 2.05) is 11.8 Å². The summed E-state index contributed by atoms with van der Waals surface area (Å²) in [5, 5.41) is 0. The van der Waals surface area contributed by atoms with Crippen molar-refractivity contribution in [2.45, 2.75) is 19.4 Å². The van der Waals surface area contributed by atoms with E-state index in [2.05, 4.69) is 0 Å². The molecule has 0 saturated carbocycles. The minimum absolute atomic E-state index is 0.0164. The van der Waals surface area contributed by atoms with Gasteiger partial charge in [0.15, 0.2) is 15.6 Å². The van der Waals surface area contributed by atoms with Gasteiger partial charge in [0.05, 0.1) is 18.1 Å². The highest BCUT2D eigenvalue weighted by Crippen LogP contribution is 2.12. The van der Waals surface area contributed by atoms with Gasteiger partial charge in [-0.25, -0.2) is 12.8 Å². The molecule has 0 aromatic heterocycles. The van der Waals surface area contributed by atoms with E-state index in [4.69, 9.17) is 0 Å². The first-order valence-electron chi connectivity index (χ1n) is 6.56. The van der Waals surface area contributed by atoms with Crippen LogP contribution in [-0.4, -0.2) is 49.7 Å². The maximum atomic E-state index is 12.8. The lowest BCUT2D eigenvalue weighted by Crippen LogP contribution is -2.48. The molecule has 1 aromatic rings. The summed E-state index contributed by atoms with van der Waals surface area (Å²) in [4.78, 5) is 13.9. The van der Waals surface area contributed by atoms with Crippen LogP contribution in [0.15, 0.2) is 24.3 Å². The molecule has 1 fully saturated rings. The second kappa shape index (κ2) is 6.01. The molecule has 1 atom stereocenters. The number of hydrogen-bond acceptors (Lipinski definition) is 4. The van der Waals surface area contributed by atoms with E-state index in [1.165, 1.54) is 12.1 Å². The molecule has 6 heteroatoms. The summed E-state index contributed by atoms with van der Waals surface area (Å²) in [6, 6.07) is 5.72. The number of nitrogens with zero attached hydrogens (tertiary/aromatic N) is 1. The first-order valence-corrected chi connectivity index (χ1v) is 8.38. The largest absolute Gasteiger partial charge is 0.298 e. The molecule has 2 rings (SSSR count). The summed E-state index contributed by atoms with van der Waals surface area (Å²) < 4.78 is 35.7. The second-order valence-corrected chi connectivity index (χ2v) is 7.50. The van der Waals surface area contributed by atoms with Gasteiger partial charge in [-0.1, -0.05) is 12.1 Å². The number of benzene rings is 1. The van der Waals surface area contributed by atoms with Gasteiger partial charge in [0, 0.05) is 19.0 Å². The van der Waals surface area contributed by atoms with Gasteiger partial charge < -0.3 is 0 Å². The van der Waals surface area contributed by atoms with Crippen LogP contribution in [0.4, 0.5) is 4.39 Å². The minimum Gasteiger partial charge on any atom is -0.298 e. The van der Waals surface area contributed by atoms with E-state index in [1.54, 1.807) is 12.1 Å². The van der Waals surface area contributed by atoms with Crippen molar-refractivity contribution in [3.63, 3.8) is 0 Å². The Labute approximate surface area is 118 Å². The predicted molar refractivity (Wildman–Crippen MR) is 74.8 cm³/mol. The Balaban J connectivity index is 1.90. The lowest BCUT2D eigenvalue weighted by Gasteiger charge is -2.32. The fourth-order valence-corrected chi connectivity index (χ4v) is 4.01. The van der Waals surface area contributed by atoms with Gasteiger partial charge in [0.2, 0.25) is 0 Å². The van der Waals surface area contributed by atoms with Crippen LogP contribution in [0.3, 0.4) is 0 Å². The highest BCUT2D eigenvalue weighted by atomic mass is 32.2. The molecule has 0 spiro atoms. The molecule has 0 bridgehead atoms. The Morgan fingerprint density at radius 1 is 1.35 bits per heavy atom. The topological polar surface area (TPSA) is 54.5 Å². The van der Waals surface area contributed by atoms with E-state index >= 15 is 0 Å². The molecule has 20 heavy (non-hydrogen) atoms. The second-order valence-electron chi connectivity index (χ2n) is 5.28. The first kappa shape index (κ1) is 15.1. The summed E-state index contributed by atoms with van der Waals surface area (Å²) >= 11 is 0. The van der Waals surface area contributed by atoms with Crippen LogP contribution in [0, 0.1) is 5.82 Å². The van der Waals surface area contributed by atoms with Crippen molar-refractivity contribution in [2.24, 2.45) is 0 Å². The Morgan fingerprint density at radius 2 is 2.00 bits per heavy atom. The van der Waals surface area contributed by atoms with Crippen molar-refractivity contribution in [1.82, 2.24) is 4.90 Å². The molecule has 1 aliphatic rings. The van der Waals surface area contributed by atoms with Crippen molar-refractivity contribution in [2.75, 3.05) is 24.6 Å². The summed E-state index contributed by atoms with van der Waals surface area (Å²) in [7, 11) is -2.96. The summed E-state index contributed by atoms with van der Waals surface area (Å²) in [5.74, 6) is -0.0864. The van der Waals surface area contributed by atoms with Crippen LogP contribution in [0.2, 0.25) is 0 Å². The number of sulfone groups is 1. The van der Waals surface area contributed by atoms with E-state index in [9.17, 15) is 17.6 Å². The normalized spacial score (nSPS) is 22.6. The Bertz CT molecular complexity index is 583. The molecule has 1 unspecified atom stereocenters. The standard InChI is InChI=1S/C14H18FNO3S/c1-11-10-20(18,19)7-6-16(11)9-14(17)8-12-2-4-13(15)5-3-12/h2-5,11H,6-10H2,1H3. The summed E-state index contributed by atoms with van der Waals surface area (Å²) in [6.07, 6.45) is 0.246. The van der Waals surface area contributed by atoms with Gasteiger partial charge >= 0.3 is 0 Å². The smallest absolute Gasteiger partial charge is 0.153 e. The molecule has 1 saturated heterocycles. The number of halogens is 1. The Morgan fingerprint density at radius 3 is 2.60 bits per heavy atom. The predicted octanol–water partition coefficient (Wildman–Crippen LogP) is 1.06. The van der Waals surface area contributed by atoms with E-state index in [-0.39, 0.29) is 42.1 Å². The zero-order chi connectivity index (χ0) is 14.8. The van der Waals surface area contributed by atoms with Gasteiger partial charge in [0.1, 0.15) is 5.82 Å². The van der Waals surface area contributed by atoms with Crippen molar-refractivity contribution in [3.8, 4) is 0 Å². The van der Waals surface area contributed by atoms with Crippen LogP contribution >= 0.6 is 0 Å². The molecule has 0 aliphatic carbocycles. The third kappa shape index (κ3) is 4.11. The SMILES string of the molecule is CC1CS(=O)(=O)CCN1CC(=O)Cc1ccc(F)cc1. The van der Waals surface area contributed by atoms with Gasteiger partial charge in [-0.15, -0.1) is 0 Å². The maximum Gasteiger partial charge on any atom is 0.153 e. The van der Waals surface area contributed by atoms with Crippen molar-refractivity contribution >= 4 is 15.6 Å². The lowest BCUT2D eigenvalue weighted by atomic mass is 10.1. The third-order valence-corrected chi connectivity index (χ3v) is 5.30.